The van der Waals surface area contributed by atoms with Gasteiger partial charge in [-0.05, 0) is 24.4 Å². The Labute approximate surface area is 87.9 Å². The molecule has 0 N–H and O–H groups in total. The van der Waals surface area contributed by atoms with Crippen LogP contribution >= 0.6 is 11.8 Å². The van der Waals surface area contributed by atoms with Gasteiger partial charge in [0.15, 0.2) is 0 Å². The van der Waals surface area contributed by atoms with Crippen LogP contribution in [0.4, 0.5) is 5.69 Å². The Morgan fingerprint density at radius 2 is 1.93 bits per heavy atom. The zero-order chi connectivity index (χ0) is 9.97. The first kappa shape index (κ1) is 9.28. The first-order valence-electron chi connectivity index (χ1n) is 4.39. The maximum atomic E-state index is 4.10. The number of rotatable bonds is 2. The van der Waals surface area contributed by atoms with E-state index in [1.165, 1.54) is 15.7 Å². The molecule has 2 heteroatoms. The van der Waals surface area contributed by atoms with E-state index in [4.69, 9.17) is 0 Å². The van der Waals surface area contributed by atoms with Crippen molar-refractivity contribution in [3.63, 3.8) is 0 Å². The molecule has 0 atom stereocenters. The summed E-state index contributed by atoms with van der Waals surface area (Å²) < 4.78 is 0. The molecule has 2 aromatic carbocycles. The second-order valence-electron chi connectivity index (χ2n) is 3.00. The minimum atomic E-state index is 0.996. The van der Waals surface area contributed by atoms with Gasteiger partial charge in [-0.2, -0.15) is 0 Å². The van der Waals surface area contributed by atoms with Crippen LogP contribution in [0.3, 0.4) is 0 Å². The maximum Gasteiger partial charge on any atom is 0.0836 e. The van der Waals surface area contributed by atoms with Crippen LogP contribution in [-0.4, -0.2) is 13.0 Å². The van der Waals surface area contributed by atoms with Crippen LogP contribution in [0.2, 0.25) is 0 Å². The van der Waals surface area contributed by atoms with Gasteiger partial charge in [-0.15, -0.1) is 11.8 Å². The third kappa shape index (κ3) is 1.42. The highest BCUT2D eigenvalue weighted by atomic mass is 32.2. The molecule has 0 radical (unpaired) electrons. The Morgan fingerprint density at radius 3 is 2.64 bits per heavy atom. The standard InChI is InChI=1S/C12H11NS/c1-13-12-10-6-4-3-5-9(10)7-8-11(12)14-2/h3-8H,1H2,2H3. The Hall–Kier alpha value is -1.28. The minimum absolute atomic E-state index is 0.996. The highest BCUT2D eigenvalue weighted by molar-refractivity contribution is 7.98. The largest absolute Gasteiger partial charge is 0.263 e. The molecule has 0 saturated carbocycles. The highest BCUT2D eigenvalue weighted by Crippen LogP contribution is 2.34. The molecule has 14 heavy (non-hydrogen) atoms. The lowest BCUT2D eigenvalue weighted by molar-refractivity contribution is 1.43. The van der Waals surface area contributed by atoms with E-state index in [-0.39, 0.29) is 0 Å². The fourth-order valence-electron chi connectivity index (χ4n) is 1.56. The molecule has 0 aromatic heterocycles. The van der Waals surface area contributed by atoms with Crippen molar-refractivity contribution >= 4 is 34.9 Å². The van der Waals surface area contributed by atoms with Gasteiger partial charge in [-0.3, -0.25) is 4.99 Å². The van der Waals surface area contributed by atoms with Crippen LogP contribution in [-0.2, 0) is 0 Å². The molecule has 2 rings (SSSR count). The van der Waals surface area contributed by atoms with Gasteiger partial charge in [0.2, 0.25) is 0 Å². The quantitative estimate of drug-likeness (QED) is 0.530. The molecule has 0 spiro atoms. The van der Waals surface area contributed by atoms with Gasteiger partial charge in [-0.25, -0.2) is 0 Å². The molecule has 0 heterocycles. The lowest BCUT2D eigenvalue weighted by Gasteiger charge is -2.05. The average Bonchev–Trinajstić information content (AvgIpc) is 2.27. The monoisotopic (exact) mass is 201 g/mol. The van der Waals surface area contributed by atoms with Crippen molar-refractivity contribution in [1.29, 1.82) is 0 Å². The summed E-state index contributed by atoms with van der Waals surface area (Å²) in [4.78, 5) is 5.28. The van der Waals surface area contributed by atoms with Crippen LogP contribution in [0.15, 0.2) is 46.3 Å². The van der Waals surface area contributed by atoms with Crippen molar-refractivity contribution in [3.05, 3.63) is 36.4 Å². The SMILES string of the molecule is C=Nc1c(SC)ccc2ccccc12. The summed E-state index contributed by atoms with van der Waals surface area (Å²) in [6.07, 6.45) is 2.05. The van der Waals surface area contributed by atoms with Gasteiger partial charge in [0.05, 0.1) is 5.69 Å². The molecule has 0 unspecified atom stereocenters. The number of nitrogens with zero attached hydrogens (tertiary/aromatic N) is 1. The number of hydrogen-bond donors (Lipinski definition) is 0. The van der Waals surface area contributed by atoms with Crippen LogP contribution in [0.1, 0.15) is 0 Å². The molecule has 0 aliphatic heterocycles. The van der Waals surface area contributed by atoms with Crippen molar-refractivity contribution in [2.45, 2.75) is 4.90 Å². The van der Waals surface area contributed by atoms with Gasteiger partial charge in [0.25, 0.3) is 0 Å². The summed E-state index contributed by atoms with van der Waals surface area (Å²) >= 11 is 1.70. The van der Waals surface area contributed by atoms with Crippen molar-refractivity contribution in [2.24, 2.45) is 4.99 Å². The summed E-state index contributed by atoms with van der Waals surface area (Å²) in [5.41, 5.74) is 0.996. The number of hydrogen-bond acceptors (Lipinski definition) is 2. The summed E-state index contributed by atoms with van der Waals surface area (Å²) in [7, 11) is 0. The maximum absolute atomic E-state index is 4.10. The normalized spacial score (nSPS) is 10.4. The predicted octanol–water partition coefficient (Wildman–Crippen LogP) is 3.89. The first-order chi connectivity index (χ1) is 6.86. The van der Waals surface area contributed by atoms with E-state index >= 15 is 0 Å². The van der Waals surface area contributed by atoms with Gasteiger partial charge < -0.3 is 0 Å². The van der Waals surface area contributed by atoms with Crippen LogP contribution in [0.25, 0.3) is 10.8 Å². The highest BCUT2D eigenvalue weighted by Gasteiger charge is 2.03. The van der Waals surface area contributed by atoms with E-state index in [1.54, 1.807) is 11.8 Å². The predicted molar refractivity (Wildman–Crippen MR) is 64.9 cm³/mol. The first-order valence-corrected chi connectivity index (χ1v) is 5.61. The van der Waals surface area contributed by atoms with Crippen LogP contribution in [0, 0.1) is 0 Å². The van der Waals surface area contributed by atoms with E-state index in [2.05, 4.69) is 42.2 Å². The molecule has 0 fully saturated rings. The molecule has 70 valence electrons. The third-order valence-corrected chi connectivity index (χ3v) is 3.01. The topological polar surface area (TPSA) is 12.4 Å². The Kier molecular flexibility index (Phi) is 2.55. The zero-order valence-electron chi connectivity index (χ0n) is 8.03. The Balaban J connectivity index is 2.83. The lowest BCUT2D eigenvalue weighted by atomic mass is 10.1. The molecule has 0 amide bonds. The average molecular weight is 201 g/mol. The summed E-state index contributed by atoms with van der Waals surface area (Å²) in [6.45, 7) is 3.63. The number of thioether (sulfide) groups is 1. The minimum Gasteiger partial charge on any atom is -0.263 e. The van der Waals surface area contributed by atoms with E-state index in [0.29, 0.717) is 0 Å². The van der Waals surface area contributed by atoms with E-state index in [0.717, 1.165) is 5.69 Å². The lowest BCUT2D eigenvalue weighted by Crippen LogP contribution is -1.77. The second-order valence-corrected chi connectivity index (χ2v) is 3.84. The molecule has 0 aliphatic rings. The molecule has 2 aromatic rings. The van der Waals surface area contributed by atoms with Crippen molar-refractivity contribution in [3.8, 4) is 0 Å². The van der Waals surface area contributed by atoms with Gasteiger partial charge in [-0.1, -0.05) is 30.3 Å². The number of benzene rings is 2. The van der Waals surface area contributed by atoms with Crippen molar-refractivity contribution in [2.75, 3.05) is 6.26 Å². The van der Waals surface area contributed by atoms with E-state index in [1.807, 2.05) is 12.1 Å². The van der Waals surface area contributed by atoms with E-state index < -0.39 is 0 Å². The molecule has 0 saturated heterocycles. The second kappa shape index (κ2) is 3.84. The van der Waals surface area contributed by atoms with E-state index in [9.17, 15) is 0 Å². The summed E-state index contributed by atoms with van der Waals surface area (Å²) in [5, 5.41) is 2.39. The zero-order valence-corrected chi connectivity index (χ0v) is 8.84. The Bertz CT molecular complexity index is 477. The number of fused-ring (bicyclic) bond motifs is 1. The van der Waals surface area contributed by atoms with Crippen LogP contribution in [0.5, 0.6) is 0 Å². The molecule has 0 aliphatic carbocycles. The molecular weight excluding hydrogens is 190 g/mol. The van der Waals surface area contributed by atoms with Gasteiger partial charge >= 0.3 is 0 Å². The fraction of sp³-hybridized carbons (Fsp3) is 0.0833. The van der Waals surface area contributed by atoms with Crippen molar-refractivity contribution in [1.82, 2.24) is 0 Å². The smallest absolute Gasteiger partial charge is 0.0836 e. The summed E-state index contributed by atoms with van der Waals surface area (Å²) in [6, 6.07) is 12.5. The third-order valence-electron chi connectivity index (χ3n) is 2.24. The summed E-state index contributed by atoms with van der Waals surface area (Å²) in [5.74, 6) is 0. The van der Waals surface area contributed by atoms with Crippen molar-refractivity contribution < 1.29 is 0 Å². The molecular formula is C12H11NS. The fourth-order valence-corrected chi connectivity index (χ4v) is 2.13. The van der Waals surface area contributed by atoms with Crippen LogP contribution < -0.4 is 0 Å². The molecule has 0 bridgehead atoms. The number of aliphatic imine (C=N–C) groups is 1. The Morgan fingerprint density at radius 1 is 1.14 bits per heavy atom. The van der Waals surface area contributed by atoms with Gasteiger partial charge in [0.1, 0.15) is 0 Å². The van der Waals surface area contributed by atoms with Gasteiger partial charge in [0, 0.05) is 10.3 Å². The molecule has 1 nitrogen and oxygen atoms in total.